The fourth-order valence-corrected chi connectivity index (χ4v) is 3.67. The number of thioether (sulfide) groups is 1. The molecule has 2 N–H and O–H groups in total. The van der Waals surface area contributed by atoms with Crippen molar-refractivity contribution in [1.29, 1.82) is 0 Å². The summed E-state index contributed by atoms with van der Waals surface area (Å²) in [6.45, 7) is 4.09. The second-order valence-corrected chi connectivity index (χ2v) is 7.81. The molecular weight excluding hydrogens is 461 g/mol. The predicted molar refractivity (Wildman–Crippen MR) is 125 cm³/mol. The molecule has 0 atom stereocenters. The summed E-state index contributed by atoms with van der Waals surface area (Å²) in [7, 11) is 1.29. The number of hydrogen-bond acceptors (Lipinski definition) is 7. The Morgan fingerprint density at radius 2 is 1.88 bits per heavy atom. The van der Waals surface area contributed by atoms with E-state index in [4.69, 9.17) is 0 Å². The van der Waals surface area contributed by atoms with Crippen molar-refractivity contribution in [2.75, 3.05) is 18.2 Å². The molecular formula is C23H22FN5O4S. The zero-order valence-corrected chi connectivity index (χ0v) is 19.1. The van der Waals surface area contributed by atoms with Gasteiger partial charge in [-0.2, -0.15) is 0 Å². The van der Waals surface area contributed by atoms with Gasteiger partial charge in [0, 0.05) is 12.2 Å². The largest absolute Gasteiger partial charge is 0.465 e. The van der Waals surface area contributed by atoms with Gasteiger partial charge in [0.05, 0.1) is 30.5 Å². The molecule has 176 valence electrons. The molecule has 0 radical (unpaired) electrons. The third kappa shape index (κ3) is 6.29. The van der Waals surface area contributed by atoms with Crippen molar-refractivity contribution in [2.45, 2.75) is 18.2 Å². The predicted octanol–water partition coefficient (Wildman–Crippen LogP) is 3.05. The van der Waals surface area contributed by atoms with Gasteiger partial charge in [0.25, 0.3) is 5.91 Å². The molecule has 0 saturated heterocycles. The molecule has 3 aromatic rings. The smallest absolute Gasteiger partial charge is 0.337 e. The Morgan fingerprint density at radius 1 is 1.15 bits per heavy atom. The number of amides is 2. The van der Waals surface area contributed by atoms with Gasteiger partial charge in [-0.25, -0.2) is 9.18 Å². The third-order valence-corrected chi connectivity index (χ3v) is 5.52. The summed E-state index contributed by atoms with van der Waals surface area (Å²) in [5, 5.41) is 14.0. The lowest BCUT2D eigenvalue weighted by Gasteiger charge is -2.09. The minimum Gasteiger partial charge on any atom is -0.465 e. The standard InChI is InChI=1S/C23H22FN5O4S/c1-3-12-29-19(13-25-21(31)17-6-4-5-7-18(17)24)27-28-23(29)34-14-20(30)26-16-10-8-15(9-11-16)22(32)33-2/h3-11H,1,12-14H2,2H3,(H,25,31)(H,26,30). The summed E-state index contributed by atoms with van der Waals surface area (Å²) in [5.41, 5.74) is 0.840. The van der Waals surface area contributed by atoms with E-state index in [2.05, 4.69) is 32.1 Å². The Balaban J connectivity index is 1.59. The number of esters is 1. The molecule has 1 aromatic heterocycles. The van der Waals surface area contributed by atoms with E-state index < -0.39 is 17.7 Å². The first-order valence-corrected chi connectivity index (χ1v) is 11.1. The molecule has 11 heteroatoms. The number of aromatic nitrogens is 3. The number of nitrogens with zero attached hydrogens (tertiary/aromatic N) is 3. The maximum absolute atomic E-state index is 13.8. The van der Waals surface area contributed by atoms with Crippen molar-refractivity contribution in [3.8, 4) is 0 Å². The van der Waals surface area contributed by atoms with Crippen LogP contribution in [0.15, 0.2) is 66.3 Å². The van der Waals surface area contributed by atoms with Crippen LogP contribution in [-0.2, 0) is 22.6 Å². The van der Waals surface area contributed by atoms with Crippen LogP contribution in [0.2, 0.25) is 0 Å². The molecule has 3 rings (SSSR count). The molecule has 34 heavy (non-hydrogen) atoms. The van der Waals surface area contributed by atoms with Crippen LogP contribution in [0.5, 0.6) is 0 Å². The molecule has 0 bridgehead atoms. The Kier molecular flexibility index (Phi) is 8.52. The fourth-order valence-electron chi connectivity index (χ4n) is 2.90. The zero-order valence-electron chi connectivity index (χ0n) is 18.3. The summed E-state index contributed by atoms with van der Waals surface area (Å²) >= 11 is 1.16. The SMILES string of the molecule is C=CCn1c(CNC(=O)c2ccccc2F)nnc1SCC(=O)Nc1ccc(C(=O)OC)cc1. The first-order chi connectivity index (χ1) is 16.4. The van der Waals surface area contributed by atoms with Crippen LogP contribution in [0.3, 0.4) is 0 Å². The maximum atomic E-state index is 13.8. The van der Waals surface area contributed by atoms with E-state index in [0.717, 1.165) is 11.8 Å². The van der Waals surface area contributed by atoms with Crippen LogP contribution in [0.4, 0.5) is 10.1 Å². The van der Waals surface area contributed by atoms with E-state index in [0.29, 0.717) is 28.8 Å². The van der Waals surface area contributed by atoms with Gasteiger partial charge in [0.1, 0.15) is 5.82 Å². The van der Waals surface area contributed by atoms with Crippen molar-refractivity contribution in [2.24, 2.45) is 0 Å². The highest BCUT2D eigenvalue weighted by atomic mass is 32.2. The van der Waals surface area contributed by atoms with Crippen molar-refractivity contribution >= 4 is 35.2 Å². The maximum Gasteiger partial charge on any atom is 0.337 e. The molecule has 9 nitrogen and oxygen atoms in total. The van der Waals surface area contributed by atoms with Gasteiger partial charge in [-0.05, 0) is 36.4 Å². The number of rotatable bonds is 10. The minimum atomic E-state index is -0.616. The number of benzene rings is 2. The van der Waals surface area contributed by atoms with Crippen molar-refractivity contribution in [3.05, 3.63) is 84.0 Å². The molecule has 1 heterocycles. The molecule has 0 unspecified atom stereocenters. The summed E-state index contributed by atoms with van der Waals surface area (Å²) in [5.74, 6) is -1.44. The number of nitrogens with one attached hydrogen (secondary N) is 2. The van der Waals surface area contributed by atoms with Gasteiger partial charge in [-0.1, -0.05) is 30.0 Å². The fraction of sp³-hybridized carbons (Fsp3) is 0.174. The van der Waals surface area contributed by atoms with Gasteiger partial charge in [0.15, 0.2) is 11.0 Å². The van der Waals surface area contributed by atoms with Crippen LogP contribution in [0, 0.1) is 5.82 Å². The summed E-state index contributed by atoms with van der Waals surface area (Å²) in [4.78, 5) is 36.1. The lowest BCUT2D eigenvalue weighted by atomic mass is 10.2. The molecule has 0 aliphatic rings. The van der Waals surface area contributed by atoms with Crippen molar-refractivity contribution < 1.29 is 23.5 Å². The zero-order chi connectivity index (χ0) is 24.5. The number of methoxy groups -OCH3 is 1. The van der Waals surface area contributed by atoms with Crippen LogP contribution >= 0.6 is 11.8 Å². The highest BCUT2D eigenvalue weighted by molar-refractivity contribution is 7.99. The van der Waals surface area contributed by atoms with Crippen molar-refractivity contribution in [1.82, 2.24) is 20.1 Å². The highest BCUT2D eigenvalue weighted by Gasteiger charge is 2.16. The molecule has 0 aliphatic heterocycles. The van der Waals surface area contributed by atoms with E-state index in [9.17, 15) is 18.8 Å². The summed E-state index contributed by atoms with van der Waals surface area (Å²) in [6, 6.07) is 12.0. The number of allylic oxidation sites excluding steroid dienone is 1. The average Bonchev–Trinajstić information content (AvgIpc) is 3.23. The summed E-state index contributed by atoms with van der Waals surface area (Å²) in [6.07, 6.45) is 1.64. The van der Waals surface area contributed by atoms with E-state index in [1.54, 1.807) is 41.0 Å². The Labute approximate surface area is 199 Å². The van der Waals surface area contributed by atoms with E-state index in [1.165, 1.54) is 25.3 Å². The molecule has 0 saturated carbocycles. The van der Waals surface area contributed by atoms with Crippen LogP contribution < -0.4 is 10.6 Å². The number of carbonyl (C=O) groups excluding carboxylic acids is 3. The lowest BCUT2D eigenvalue weighted by Crippen LogP contribution is -2.25. The third-order valence-electron chi connectivity index (χ3n) is 4.55. The number of ether oxygens (including phenoxy) is 1. The molecule has 0 aliphatic carbocycles. The number of halogens is 1. The van der Waals surface area contributed by atoms with Gasteiger partial charge in [-0.15, -0.1) is 16.8 Å². The number of anilines is 1. The Hall–Kier alpha value is -3.99. The van der Waals surface area contributed by atoms with Crippen LogP contribution in [-0.4, -0.2) is 45.4 Å². The van der Waals surface area contributed by atoms with Crippen LogP contribution in [0.1, 0.15) is 26.5 Å². The number of carbonyl (C=O) groups is 3. The monoisotopic (exact) mass is 483 g/mol. The van der Waals surface area contributed by atoms with E-state index in [1.807, 2.05) is 0 Å². The van der Waals surface area contributed by atoms with Crippen molar-refractivity contribution in [3.63, 3.8) is 0 Å². The van der Waals surface area contributed by atoms with Gasteiger partial charge >= 0.3 is 5.97 Å². The Morgan fingerprint density at radius 3 is 2.56 bits per heavy atom. The molecule has 2 amide bonds. The molecule has 0 fully saturated rings. The topological polar surface area (TPSA) is 115 Å². The van der Waals surface area contributed by atoms with Crippen LogP contribution in [0.25, 0.3) is 0 Å². The van der Waals surface area contributed by atoms with E-state index >= 15 is 0 Å². The Bertz CT molecular complexity index is 1200. The summed E-state index contributed by atoms with van der Waals surface area (Å²) < 4.78 is 20.2. The van der Waals surface area contributed by atoms with Gasteiger partial charge in [0.2, 0.25) is 5.91 Å². The normalized spacial score (nSPS) is 10.4. The molecule has 2 aromatic carbocycles. The second kappa shape index (κ2) is 11.8. The van der Waals surface area contributed by atoms with Gasteiger partial charge in [-0.3, -0.25) is 9.59 Å². The first kappa shape index (κ1) is 24.6. The molecule has 0 spiro atoms. The minimum absolute atomic E-state index is 0.0211. The quantitative estimate of drug-likeness (QED) is 0.259. The first-order valence-electron chi connectivity index (χ1n) is 10.1. The lowest BCUT2D eigenvalue weighted by molar-refractivity contribution is -0.113. The number of hydrogen-bond donors (Lipinski definition) is 2. The second-order valence-electron chi connectivity index (χ2n) is 6.87. The van der Waals surface area contributed by atoms with E-state index in [-0.39, 0.29) is 23.8 Å². The van der Waals surface area contributed by atoms with Gasteiger partial charge < -0.3 is 19.9 Å². The highest BCUT2D eigenvalue weighted by Crippen LogP contribution is 2.18. The average molecular weight is 484 g/mol.